The zero-order valence-electron chi connectivity index (χ0n) is 25.7. The number of ether oxygens (including phenoxy) is 1. The van der Waals surface area contributed by atoms with Gasteiger partial charge in [0.25, 0.3) is 0 Å². The topological polar surface area (TPSA) is 69.9 Å². The van der Waals surface area contributed by atoms with Gasteiger partial charge in [-0.15, -0.1) is 0 Å². The Hall–Kier alpha value is -1.88. The molecule has 0 aliphatic carbocycles. The molecule has 0 saturated carbocycles. The molecule has 4 heteroatoms. The van der Waals surface area contributed by atoms with Crippen molar-refractivity contribution in [3.63, 3.8) is 0 Å². The maximum atomic E-state index is 10.7. The third-order valence-electron chi connectivity index (χ3n) is 8.08. The molecule has 0 amide bonds. The first-order valence-corrected chi connectivity index (χ1v) is 15.6. The van der Waals surface area contributed by atoms with E-state index in [-0.39, 0.29) is 19.8 Å². The van der Waals surface area contributed by atoms with Crippen LogP contribution in [0.1, 0.15) is 124 Å². The summed E-state index contributed by atoms with van der Waals surface area (Å²) in [6.07, 6.45) is 11.6. The summed E-state index contributed by atoms with van der Waals surface area (Å²) >= 11 is 0. The molecule has 0 saturated heterocycles. The Bertz CT molecular complexity index is 926. The number of aliphatic hydroxyl groups excluding tert-OH is 3. The minimum absolute atomic E-state index is 0.362. The van der Waals surface area contributed by atoms with Crippen LogP contribution in [-0.4, -0.2) is 35.1 Å². The second-order valence-corrected chi connectivity index (χ2v) is 11.7. The Kier molecular flexibility index (Phi) is 14.6. The molecule has 0 heterocycles. The van der Waals surface area contributed by atoms with E-state index in [1.54, 1.807) is 0 Å². The highest BCUT2D eigenvalue weighted by atomic mass is 16.5. The van der Waals surface area contributed by atoms with E-state index in [1.807, 2.05) is 0 Å². The molecular weight excluding hydrogens is 484 g/mol. The van der Waals surface area contributed by atoms with E-state index < -0.39 is 11.5 Å². The van der Waals surface area contributed by atoms with Crippen LogP contribution >= 0.6 is 0 Å². The second-order valence-electron chi connectivity index (χ2n) is 11.7. The lowest BCUT2D eigenvalue weighted by molar-refractivity contribution is -0.0753. The summed E-state index contributed by atoms with van der Waals surface area (Å²) < 4.78 is 7.15. The van der Waals surface area contributed by atoms with Gasteiger partial charge in [0.2, 0.25) is 0 Å². The third-order valence-corrected chi connectivity index (χ3v) is 8.08. The van der Waals surface area contributed by atoms with Crippen molar-refractivity contribution >= 4 is 0 Å². The molecule has 1 atom stereocenters. The van der Waals surface area contributed by atoms with Crippen LogP contribution in [0.3, 0.4) is 0 Å². The summed E-state index contributed by atoms with van der Waals surface area (Å²) in [5.74, 6) is 0.885. The van der Waals surface area contributed by atoms with Crippen LogP contribution in [0.15, 0.2) is 24.3 Å². The van der Waals surface area contributed by atoms with Crippen LogP contribution in [0.4, 0.5) is 0 Å². The predicted molar refractivity (Wildman–Crippen MR) is 164 cm³/mol. The van der Waals surface area contributed by atoms with Gasteiger partial charge in [-0.2, -0.15) is 0 Å². The molecule has 220 valence electrons. The van der Waals surface area contributed by atoms with Gasteiger partial charge in [0.15, 0.2) is 0 Å². The van der Waals surface area contributed by atoms with Crippen LogP contribution in [0.2, 0.25) is 0 Å². The molecule has 0 aliphatic rings. The summed E-state index contributed by atoms with van der Waals surface area (Å²) in [6, 6.07) is 8.97. The summed E-state index contributed by atoms with van der Waals surface area (Å²) in [6.45, 7) is 12.0. The molecule has 0 radical (unpaired) electrons. The normalized spacial score (nSPS) is 12.6. The number of rotatable bonds is 19. The zero-order valence-corrected chi connectivity index (χ0v) is 25.7. The van der Waals surface area contributed by atoms with Gasteiger partial charge in [0.1, 0.15) is 11.9 Å². The Morgan fingerprint density at radius 3 is 1.26 bits per heavy atom. The molecule has 39 heavy (non-hydrogen) atoms. The van der Waals surface area contributed by atoms with Gasteiger partial charge in [-0.3, -0.25) is 0 Å². The molecule has 0 aliphatic heterocycles. The molecule has 0 spiro atoms. The maximum absolute atomic E-state index is 10.7. The van der Waals surface area contributed by atoms with Crippen molar-refractivity contribution in [3.05, 3.63) is 63.2 Å². The van der Waals surface area contributed by atoms with Crippen LogP contribution < -0.4 is 4.74 Å². The quantitative estimate of drug-likeness (QED) is 0.170. The Balaban J connectivity index is 2.88. The Morgan fingerprint density at radius 2 is 0.923 bits per heavy atom. The van der Waals surface area contributed by atoms with Crippen molar-refractivity contribution in [3.8, 4) is 5.75 Å². The standard InChI is InChI=1S/C35H56O4/c1-7-11-15-28-19-26(5)20-29(16-12-8-2)32(28)34(35(23-36,24-37)25-38)39-33-30(17-13-9-3)21-27(6)22-31(33)18-14-10-4/h19-22,34,36-38H,7-18,23-25H2,1-6H3. The number of hydrogen-bond acceptors (Lipinski definition) is 4. The number of aryl methyl sites for hydroxylation is 6. The molecule has 3 N–H and O–H groups in total. The van der Waals surface area contributed by atoms with Crippen molar-refractivity contribution in [2.75, 3.05) is 19.8 Å². The average Bonchev–Trinajstić information content (AvgIpc) is 2.94. The number of benzene rings is 2. The molecule has 1 unspecified atom stereocenters. The van der Waals surface area contributed by atoms with Gasteiger partial charge < -0.3 is 20.1 Å². The van der Waals surface area contributed by atoms with Gasteiger partial charge in [-0.1, -0.05) is 88.8 Å². The predicted octanol–water partition coefficient (Wildman–Crippen LogP) is 7.76. The SMILES string of the molecule is CCCCc1cc(C)cc(CCCC)c1OC(c1c(CCCC)cc(C)cc1CCCC)C(CO)(CO)CO. The first-order chi connectivity index (χ1) is 18.8. The molecule has 2 rings (SSSR count). The minimum atomic E-state index is -1.22. The summed E-state index contributed by atoms with van der Waals surface area (Å²) in [7, 11) is 0. The van der Waals surface area contributed by atoms with Crippen LogP contribution in [0.25, 0.3) is 0 Å². The molecule has 0 fully saturated rings. The van der Waals surface area contributed by atoms with Crippen molar-refractivity contribution in [2.24, 2.45) is 5.41 Å². The van der Waals surface area contributed by atoms with Crippen LogP contribution in [-0.2, 0) is 25.7 Å². The highest BCUT2D eigenvalue weighted by Gasteiger charge is 2.43. The van der Waals surface area contributed by atoms with Crippen molar-refractivity contribution in [1.82, 2.24) is 0 Å². The first-order valence-electron chi connectivity index (χ1n) is 15.6. The fraction of sp³-hybridized carbons (Fsp3) is 0.657. The lowest BCUT2D eigenvalue weighted by Gasteiger charge is -2.39. The summed E-state index contributed by atoms with van der Waals surface area (Å²) in [5, 5.41) is 32.2. The Morgan fingerprint density at radius 1 is 0.590 bits per heavy atom. The molecule has 0 aromatic heterocycles. The molecule has 2 aromatic rings. The second kappa shape index (κ2) is 17.0. The first kappa shape index (κ1) is 33.3. The summed E-state index contributed by atoms with van der Waals surface area (Å²) in [5.41, 5.74) is 7.10. The smallest absolute Gasteiger partial charge is 0.136 e. The van der Waals surface area contributed by atoms with Gasteiger partial charge >= 0.3 is 0 Å². The largest absolute Gasteiger partial charge is 0.484 e. The van der Waals surface area contributed by atoms with Gasteiger partial charge in [0.05, 0.1) is 25.2 Å². The Labute approximate surface area is 238 Å². The van der Waals surface area contributed by atoms with Crippen molar-refractivity contribution in [2.45, 2.75) is 125 Å². The molecule has 0 bridgehead atoms. The van der Waals surface area contributed by atoms with E-state index in [1.165, 1.54) is 33.4 Å². The number of aliphatic hydroxyl groups is 3. The molecule has 2 aromatic carbocycles. The van der Waals surface area contributed by atoms with E-state index in [0.717, 1.165) is 88.4 Å². The minimum Gasteiger partial charge on any atom is -0.484 e. The highest BCUT2D eigenvalue weighted by Crippen LogP contribution is 2.44. The average molecular weight is 541 g/mol. The summed E-state index contributed by atoms with van der Waals surface area (Å²) in [4.78, 5) is 0. The highest BCUT2D eigenvalue weighted by molar-refractivity contribution is 5.47. The van der Waals surface area contributed by atoms with E-state index in [4.69, 9.17) is 4.74 Å². The number of unbranched alkanes of at least 4 members (excludes halogenated alkanes) is 4. The molecular formula is C35H56O4. The lowest BCUT2D eigenvalue weighted by atomic mass is 9.76. The van der Waals surface area contributed by atoms with Gasteiger partial charge in [-0.25, -0.2) is 0 Å². The number of hydrogen-bond donors (Lipinski definition) is 3. The lowest BCUT2D eigenvalue weighted by Crippen LogP contribution is -2.43. The van der Waals surface area contributed by atoms with Gasteiger partial charge in [-0.05, 0) is 93.0 Å². The fourth-order valence-corrected chi connectivity index (χ4v) is 5.63. The zero-order chi connectivity index (χ0) is 28.8. The van der Waals surface area contributed by atoms with E-state index >= 15 is 0 Å². The third kappa shape index (κ3) is 8.80. The van der Waals surface area contributed by atoms with Crippen LogP contribution in [0.5, 0.6) is 5.75 Å². The van der Waals surface area contributed by atoms with E-state index in [9.17, 15) is 15.3 Å². The van der Waals surface area contributed by atoms with Crippen LogP contribution in [0, 0.1) is 19.3 Å². The molecule has 4 nitrogen and oxygen atoms in total. The van der Waals surface area contributed by atoms with Crippen molar-refractivity contribution in [1.29, 1.82) is 0 Å². The fourth-order valence-electron chi connectivity index (χ4n) is 5.63. The van der Waals surface area contributed by atoms with E-state index in [2.05, 4.69) is 65.8 Å². The van der Waals surface area contributed by atoms with Crippen molar-refractivity contribution < 1.29 is 20.1 Å². The monoisotopic (exact) mass is 540 g/mol. The maximum Gasteiger partial charge on any atom is 0.136 e. The van der Waals surface area contributed by atoms with Gasteiger partial charge in [0, 0.05) is 0 Å². The van der Waals surface area contributed by atoms with E-state index in [0.29, 0.717) is 0 Å².